The lowest BCUT2D eigenvalue weighted by Crippen LogP contribution is -2.44. The normalized spacial score (nSPS) is 14.0. The molecule has 4 aromatic carbocycles. The minimum absolute atomic E-state index is 0.0478. The molecule has 10 aromatic rings. The highest BCUT2D eigenvalue weighted by atomic mass is 16.6. The summed E-state index contributed by atoms with van der Waals surface area (Å²) >= 11 is 0. The Balaban J connectivity index is 0.736. The number of aromatic nitrogens is 6. The van der Waals surface area contributed by atoms with E-state index in [9.17, 15) is 24.3 Å². The average Bonchev–Trinajstić information content (AvgIpc) is 1.63. The first-order chi connectivity index (χ1) is 44.4. The number of aliphatic hydroxyl groups is 1. The maximum atomic E-state index is 14.4. The Morgan fingerprint density at radius 3 is 1.75 bits per heavy atom. The van der Waals surface area contributed by atoms with Crippen LogP contribution in [-0.2, 0) is 80.5 Å². The third-order valence-electron chi connectivity index (χ3n) is 16.9. The molecule has 0 aliphatic carbocycles. The van der Waals surface area contributed by atoms with Crippen molar-refractivity contribution < 1.29 is 33.7 Å². The summed E-state index contributed by atoms with van der Waals surface area (Å²) in [6.45, 7) is 10.6. The van der Waals surface area contributed by atoms with Gasteiger partial charge in [0.2, 0.25) is 0 Å². The summed E-state index contributed by atoms with van der Waals surface area (Å²) in [4.78, 5) is 85.1. The lowest BCUT2D eigenvalue weighted by atomic mass is 9.86. The van der Waals surface area contributed by atoms with Crippen LogP contribution >= 0.6 is 0 Å². The number of hydrogen-bond donors (Lipinski definition) is 1. The van der Waals surface area contributed by atoms with E-state index in [1.165, 1.54) is 0 Å². The van der Waals surface area contributed by atoms with Gasteiger partial charge in [-0.15, -0.1) is 0 Å². The Bertz CT molecular complexity index is 4100. The number of hydrogen-bond acceptors (Lipinski definition) is 15. The predicted molar refractivity (Wildman–Crippen MR) is 345 cm³/mol. The smallest absolute Gasteiger partial charge is 0.343 e. The average molecular weight is 1210 g/mol. The van der Waals surface area contributed by atoms with Crippen LogP contribution in [0.3, 0.4) is 0 Å². The number of carbonyl (C=O) groups is 3. The number of carbonyl (C=O) groups excluding carboxylic acids is 3. The molecule has 460 valence electrons. The van der Waals surface area contributed by atoms with Gasteiger partial charge in [0.05, 0.1) is 64.0 Å². The number of esters is 2. The highest BCUT2D eigenvalue weighted by Crippen LogP contribution is 2.41. The van der Waals surface area contributed by atoms with E-state index in [1.54, 1.807) is 47.9 Å². The maximum absolute atomic E-state index is 14.4. The Morgan fingerprint density at radius 2 is 1.20 bits per heavy atom. The number of benzene rings is 4. The number of amides is 1. The first-order valence-electron chi connectivity index (χ1n) is 31.0. The van der Waals surface area contributed by atoms with Crippen molar-refractivity contribution in [3.8, 4) is 22.9 Å². The molecule has 2 aliphatic rings. The van der Waals surface area contributed by atoms with Gasteiger partial charge in [-0.2, -0.15) is 0 Å². The summed E-state index contributed by atoms with van der Waals surface area (Å²) in [6.07, 6.45) is 9.28. The molecular formula is C74H71N9O8. The standard InChI is InChI=1S/C74H71N9O8/c1-4-62-63-39-60(28-29-67(63)79-69-64(62)48-83-68(69)40-66-65(71(83)85)49-90-73(87)74(66,88)5-2)91-72(86)55-26-22-51(23-27-55)43-82(70(84)54-24-20-50(3)21-25-54)34-14-15-35-89-61-37-52(41-80(44-56-16-6-10-30-75-56)45-57-17-7-11-31-76-57)36-53(38-61)42-81(46-58-18-8-12-32-77-58)47-59-19-9-13-33-78-59/h6-13,16-33,36-40,88H,4-5,14-15,34-35,41-49H2,1-3H3/t74-/m0/s1. The van der Waals surface area contributed by atoms with Crippen LogP contribution in [-0.4, -0.2) is 80.3 Å². The molecule has 91 heavy (non-hydrogen) atoms. The van der Waals surface area contributed by atoms with Crippen molar-refractivity contribution >= 4 is 28.7 Å². The molecule has 0 bridgehead atoms. The monoisotopic (exact) mass is 1210 g/mol. The fraction of sp³-hybridized carbons (Fsp3) is 0.257. The molecule has 0 spiro atoms. The zero-order valence-electron chi connectivity index (χ0n) is 51.3. The number of nitrogens with zero attached hydrogens (tertiary/aromatic N) is 9. The third kappa shape index (κ3) is 14.2. The van der Waals surface area contributed by atoms with E-state index in [1.807, 2.05) is 153 Å². The topological polar surface area (TPSA) is 195 Å². The predicted octanol–water partition coefficient (Wildman–Crippen LogP) is 11.7. The number of ether oxygens (including phenoxy) is 3. The van der Waals surface area contributed by atoms with Crippen LogP contribution in [0.15, 0.2) is 193 Å². The fourth-order valence-electron chi connectivity index (χ4n) is 12.2. The quantitative estimate of drug-likeness (QED) is 0.0322. The number of cyclic esters (lactones) is 1. The molecule has 0 unspecified atom stereocenters. The SMILES string of the molecule is CCc1c2c(nc3ccc(OC(=O)c4ccc(CN(CCCCOc5cc(CN(Cc6ccccn6)Cc6ccccn6)cc(CN(Cc6ccccn6)Cc6ccccn6)c5)C(=O)c5ccc(C)cc5)cc4)cc13)-c1cc3c(c(=O)n1C2)COC(=O)[C@]3(O)CC. The van der Waals surface area contributed by atoms with E-state index >= 15 is 0 Å². The summed E-state index contributed by atoms with van der Waals surface area (Å²) in [5.74, 6) is -0.341. The second kappa shape index (κ2) is 27.8. The highest BCUT2D eigenvalue weighted by Gasteiger charge is 2.45. The minimum Gasteiger partial charge on any atom is -0.494 e. The summed E-state index contributed by atoms with van der Waals surface area (Å²) in [6, 6.07) is 52.2. The van der Waals surface area contributed by atoms with Crippen LogP contribution in [0.25, 0.3) is 22.3 Å². The van der Waals surface area contributed by atoms with Gasteiger partial charge in [0, 0.05) is 99.2 Å². The molecule has 1 amide bonds. The van der Waals surface area contributed by atoms with Gasteiger partial charge in [0.1, 0.15) is 18.1 Å². The molecule has 17 heteroatoms. The van der Waals surface area contributed by atoms with Gasteiger partial charge < -0.3 is 28.8 Å². The Hall–Kier alpha value is -10.1. The molecule has 12 rings (SSSR count). The third-order valence-corrected chi connectivity index (χ3v) is 16.9. The van der Waals surface area contributed by atoms with Gasteiger partial charge >= 0.3 is 11.9 Å². The van der Waals surface area contributed by atoms with Crippen molar-refractivity contribution in [1.29, 1.82) is 0 Å². The summed E-state index contributed by atoms with van der Waals surface area (Å²) < 4.78 is 19.6. The number of unbranched alkanes of at least 4 members (excludes halogenated alkanes) is 1. The first kappa shape index (κ1) is 61.2. The maximum Gasteiger partial charge on any atom is 0.343 e. The van der Waals surface area contributed by atoms with Crippen molar-refractivity contribution in [2.45, 2.75) is 111 Å². The largest absolute Gasteiger partial charge is 0.494 e. The highest BCUT2D eigenvalue weighted by molar-refractivity contribution is 5.95. The lowest BCUT2D eigenvalue weighted by molar-refractivity contribution is -0.172. The molecule has 0 saturated heterocycles. The van der Waals surface area contributed by atoms with Gasteiger partial charge in [-0.1, -0.05) is 74.0 Å². The second-order valence-corrected chi connectivity index (χ2v) is 23.3. The Morgan fingerprint density at radius 1 is 0.615 bits per heavy atom. The van der Waals surface area contributed by atoms with Crippen LogP contribution < -0.4 is 15.0 Å². The van der Waals surface area contributed by atoms with Crippen LogP contribution in [0, 0.1) is 6.92 Å². The Labute approximate surface area is 528 Å². The van der Waals surface area contributed by atoms with Crippen LogP contribution in [0.1, 0.15) is 121 Å². The summed E-state index contributed by atoms with van der Waals surface area (Å²) in [5.41, 5.74) is 10.7. The zero-order valence-corrected chi connectivity index (χ0v) is 51.3. The van der Waals surface area contributed by atoms with Gasteiger partial charge in [-0.3, -0.25) is 39.3 Å². The van der Waals surface area contributed by atoms with Crippen molar-refractivity contribution in [1.82, 2.24) is 44.2 Å². The minimum atomic E-state index is -1.93. The van der Waals surface area contributed by atoms with Crippen LogP contribution in [0.4, 0.5) is 0 Å². The van der Waals surface area contributed by atoms with Gasteiger partial charge in [0.25, 0.3) is 11.5 Å². The number of fused-ring (bicyclic) bond motifs is 5. The molecule has 0 radical (unpaired) electrons. The van der Waals surface area contributed by atoms with E-state index in [0.717, 1.165) is 67.3 Å². The molecule has 2 aliphatic heterocycles. The molecule has 0 saturated carbocycles. The van der Waals surface area contributed by atoms with Crippen molar-refractivity contribution in [2.75, 3.05) is 13.2 Å². The van der Waals surface area contributed by atoms with Crippen molar-refractivity contribution in [3.05, 3.63) is 277 Å². The molecule has 1 N–H and O–H groups in total. The molecule has 0 fully saturated rings. The second-order valence-electron chi connectivity index (χ2n) is 23.3. The van der Waals surface area contributed by atoms with Crippen LogP contribution in [0.2, 0.25) is 0 Å². The lowest BCUT2D eigenvalue weighted by Gasteiger charge is -2.31. The van der Waals surface area contributed by atoms with Crippen molar-refractivity contribution in [2.24, 2.45) is 0 Å². The molecule has 1 atom stereocenters. The fourth-order valence-corrected chi connectivity index (χ4v) is 12.2. The first-order valence-corrected chi connectivity index (χ1v) is 31.0. The molecular weight excluding hydrogens is 1140 g/mol. The zero-order chi connectivity index (χ0) is 62.8. The van der Waals surface area contributed by atoms with Crippen LogP contribution in [0.5, 0.6) is 11.5 Å². The molecule has 6 aromatic heterocycles. The van der Waals surface area contributed by atoms with Gasteiger partial charge in [-0.25, -0.2) is 14.6 Å². The van der Waals surface area contributed by atoms with Gasteiger partial charge in [-0.05, 0) is 164 Å². The van der Waals surface area contributed by atoms with E-state index in [4.69, 9.17) is 19.2 Å². The van der Waals surface area contributed by atoms with Crippen molar-refractivity contribution in [3.63, 3.8) is 0 Å². The molecule has 17 nitrogen and oxygen atoms in total. The van der Waals surface area contributed by atoms with Gasteiger partial charge in [0.15, 0.2) is 5.60 Å². The van der Waals surface area contributed by atoms with E-state index in [2.05, 4.69) is 47.9 Å². The number of aryl methyl sites for hydroxylation is 2. The number of rotatable bonds is 25. The number of pyridine rings is 6. The summed E-state index contributed by atoms with van der Waals surface area (Å²) in [5, 5.41) is 12.2. The van der Waals surface area contributed by atoms with E-state index in [-0.39, 0.29) is 42.2 Å². The molecule has 8 heterocycles. The van der Waals surface area contributed by atoms with E-state index in [0.29, 0.717) is 112 Å². The summed E-state index contributed by atoms with van der Waals surface area (Å²) in [7, 11) is 0. The Kier molecular flexibility index (Phi) is 18.7. The van der Waals surface area contributed by atoms with E-state index < -0.39 is 17.5 Å².